The number of ether oxygens (including phenoxy) is 1. The van der Waals surface area contributed by atoms with Crippen molar-refractivity contribution in [1.82, 2.24) is 10.6 Å². The van der Waals surface area contributed by atoms with Gasteiger partial charge in [-0.2, -0.15) is 12.6 Å². The first-order valence-corrected chi connectivity index (χ1v) is 8.86. The molecule has 0 radical (unpaired) electrons. The number of hydrogen-bond acceptors (Lipinski definition) is 4. The van der Waals surface area contributed by atoms with Crippen molar-refractivity contribution in [3.05, 3.63) is 0 Å². The molecule has 128 valence electrons. The molecule has 0 heterocycles. The van der Waals surface area contributed by atoms with Crippen molar-refractivity contribution in [2.75, 3.05) is 5.75 Å². The van der Waals surface area contributed by atoms with Gasteiger partial charge in [0, 0.05) is 6.04 Å². The highest BCUT2D eigenvalue weighted by molar-refractivity contribution is 7.80. The lowest BCUT2D eigenvalue weighted by atomic mass is 10.1. The highest BCUT2D eigenvalue weighted by Crippen LogP contribution is 2.18. The topological polar surface area (TPSA) is 67.4 Å². The molecule has 1 rings (SSSR count). The summed E-state index contributed by atoms with van der Waals surface area (Å²) in [4.78, 5) is 24.3. The van der Waals surface area contributed by atoms with E-state index in [1.165, 1.54) is 0 Å². The normalized spacial score (nSPS) is 17.1. The zero-order chi connectivity index (χ0) is 16.6. The molecule has 1 saturated carbocycles. The number of carbonyl (C=O) groups is 2. The zero-order valence-electron chi connectivity index (χ0n) is 14.0. The minimum Gasteiger partial charge on any atom is -0.444 e. The molecule has 5 nitrogen and oxygen atoms in total. The van der Waals surface area contributed by atoms with Gasteiger partial charge in [-0.05, 0) is 52.2 Å². The van der Waals surface area contributed by atoms with Gasteiger partial charge in [0.2, 0.25) is 5.91 Å². The quantitative estimate of drug-likeness (QED) is 0.496. The second-order valence-electron chi connectivity index (χ2n) is 6.91. The molecule has 0 unspecified atom stereocenters. The van der Waals surface area contributed by atoms with Crippen LogP contribution in [0.15, 0.2) is 0 Å². The maximum atomic E-state index is 12.4. The third kappa shape index (κ3) is 7.92. The van der Waals surface area contributed by atoms with Crippen molar-refractivity contribution in [1.29, 1.82) is 0 Å². The summed E-state index contributed by atoms with van der Waals surface area (Å²) in [6.07, 6.45) is 6.23. The lowest BCUT2D eigenvalue weighted by molar-refractivity contribution is -0.124. The first kappa shape index (κ1) is 19.1. The first-order chi connectivity index (χ1) is 10.3. The fourth-order valence-electron chi connectivity index (χ4n) is 2.55. The monoisotopic (exact) mass is 330 g/mol. The maximum Gasteiger partial charge on any atom is 0.408 e. The Morgan fingerprint density at radius 3 is 2.41 bits per heavy atom. The summed E-state index contributed by atoms with van der Waals surface area (Å²) in [5.74, 6) is 0.681. The molecule has 2 N–H and O–H groups in total. The predicted octanol–water partition coefficient (Wildman–Crippen LogP) is 3.04. The largest absolute Gasteiger partial charge is 0.444 e. The van der Waals surface area contributed by atoms with Gasteiger partial charge in [-0.25, -0.2) is 4.79 Å². The molecule has 0 aliphatic heterocycles. The van der Waals surface area contributed by atoms with Crippen molar-refractivity contribution in [2.45, 2.75) is 83.4 Å². The fraction of sp³-hybridized carbons (Fsp3) is 0.875. The van der Waals surface area contributed by atoms with E-state index in [2.05, 4.69) is 23.3 Å². The molecule has 0 saturated heterocycles. The van der Waals surface area contributed by atoms with Crippen LogP contribution in [0.25, 0.3) is 0 Å². The number of alkyl carbamates (subject to hydrolysis) is 1. The average Bonchev–Trinajstić information content (AvgIpc) is 2.88. The fourth-order valence-corrected chi connectivity index (χ4v) is 2.77. The summed E-state index contributed by atoms with van der Waals surface area (Å²) in [6, 6.07) is -0.282. The van der Waals surface area contributed by atoms with Gasteiger partial charge < -0.3 is 15.4 Å². The summed E-state index contributed by atoms with van der Waals surface area (Å²) in [7, 11) is 0. The van der Waals surface area contributed by atoms with Gasteiger partial charge in [0.1, 0.15) is 11.6 Å². The van der Waals surface area contributed by atoms with Crippen molar-refractivity contribution in [2.24, 2.45) is 0 Å². The van der Waals surface area contributed by atoms with E-state index in [4.69, 9.17) is 4.74 Å². The summed E-state index contributed by atoms with van der Waals surface area (Å²) >= 11 is 4.18. The van der Waals surface area contributed by atoms with Gasteiger partial charge in [-0.15, -0.1) is 0 Å². The van der Waals surface area contributed by atoms with Crippen LogP contribution in [0.4, 0.5) is 4.79 Å². The molecule has 2 amide bonds. The molecular weight excluding hydrogens is 300 g/mol. The van der Waals surface area contributed by atoms with Crippen LogP contribution in [0.5, 0.6) is 0 Å². The molecule has 0 aromatic carbocycles. The van der Waals surface area contributed by atoms with Crippen molar-refractivity contribution >= 4 is 24.6 Å². The standard InChI is InChI=1S/C16H30N2O3S/c1-16(2,3)21-15(20)18-13(10-6-7-11-22)14(19)17-12-8-4-5-9-12/h12-13,22H,4-11H2,1-3H3,(H,17,19)(H,18,20)/t13-/m0/s1. The number of thiol groups is 1. The molecule has 1 atom stereocenters. The van der Waals surface area contributed by atoms with Crippen molar-refractivity contribution < 1.29 is 14.3 Å². The Balaban J connectivity index is 2.53. The van der Waals surface area contributed by atoms with E-state index in [1.807, 2.05) is 0 Å². The Morgan fingerprint density at radius 1 is 1.23 bits per heavy atom. The predicted molar refractivity (Wildman–Crippen MR) is 91.3 cm³/mol. The van der Waals surface area contributed by atoms with Crippen LogP contribution in [-0.2, 0) is 9.53 Å². The van der Waals surface area contributed by atoms with Crippen LogP contribution in [-0.4, -0.2) is 35.4 Å². The summed E-state index contributed by atoms with van der Waals surface area (Å²) in [5.41, 5.74) is -0.568. The van der Waals surface area contributed by atoms with Crippen LogP contribution >= 0.6 is 12.6 Å². The average molecular weight is 330 g/mol. The van der Waals surface area contributed by atoms with Crippen LogP contribution in [0, 0.1) is 0 Å². The Morgan fingerprint density at radius 2 is 1.86 bits per heavy atom. The van der Waals surface area contributed by atoms with E-state index in [1.54, 1.807) is 20.8 Å². The number of unbranched alkanes of at least 4 members (excludes halogenated alkanes) is 1. The second kappa shape index (κ2) is 9.28. The van der Waals surface area contributed by atoms with E-state index in [9.17, 15) is 9.59 Å². The molecule has 1 fully saturated rings. The van der Waals surface area contributed by atoms with Gasteiger partial charge in [0.15, 0.2) is 0 Å². The lowest BCUT2D eigenvalue weighted by Gasteiger charge is -2.24. The third-order valence-electron chi connectivity index (χ3n) is 3.61. The number of nitrogens with one attached hydrogen (secondary N) is 2. The van der Waals surface area contributed by atoms with Crippen LogP contribution in [0.2, 0.25) is 0 Å². The smallest absolute Gasteiger partial charge is 0.408 e. The van der Waals surface area contributed by atoms with E-state index >= 15 is 0 Å². The van der Waals surface area contributed by atoms with Crippen LogP contribution in [0.1, 0.15) is 65.7 Å². The maximum absolute atomic E-state index is 12.4. The van der Waals surface area contributed by atoms with Crippen molar-refractivity contribution in [3.8, 4) is 0 Å². The molecule has 0 aromatic rings. The van der Waals surface area contributed by atoms with Gasteiger partial charge in [-0.1, -0.05) is 19.3 Å². The first-order valence-electron chi connectivity index (χ1n) is 8.22. The number of rotatable bonds is 7. The number of carbonyl (C=O) groups excluding carboxylic acids is 2. The van der Waals surface area contributed by atoms with E-state index in [0.717, 1.165) is 44.3 Å². The summed E-state index contributed by atoms with van der Waals surface area (Å²) in [6.45, 7) is 5.42. The third-order valence-corrected chi connectivity index (χ3v) is 3.93. The molecule has 0 aromatic heterocycles. The van der Waals surface area contributed by atoms with Crippen LogP contribution in [0.3, 0.4) is 0 Å². The highest BCUT2D eigenvalue weighted by Gasteiger charge is 2.26. The molecule has 6 heteroatoms. The van der Waals surface area contributed by atoms with Gasteiger partial charge in [0.05, 0.1) is 0 Å². The Labute approximate surface area is 139 Å². The molecule has 22 heavy (non-hydrogen) atoms. The number of amides is 2. The zero-order valence-corrected chi connectivity index (χ0v) is 14.9. The van der Waals surface area contributed by atoms with E-state index in [-0.39, 0.29) is 11.9 Å². The molecule has 0 spiro atoms. The lowest BCUT2D eigenvalue weighted by Crippen LogP contribution is -2.50. The van der Waals surface area contributed by atoms with E-state index in [0.29, 0.717) is 6.42 Å². The highest BCUT2D eigenvalue weighted by atomic mass is 32.1. The van der Waals surface area contributed by atoms with Crippen molar-refractivity contribution in [3.63, 3.8) is 0 Å². The minimum absolute atomic E-state index is 0.100. The number of hydrogen-bond donors (Lipinski definition) is 3. The van der Waals surface area contributed by atoms with Gasteiger partial charge in [0.25, 0.3) is 0 Å². The van der Waals surface area contributed by atoms with E-state index < -0.39 is 17.7 Å². The SMILES string of the molecule is CC(C)(C)OC(=O)N[C@@H](CCCCS)C(=O)NC1CCCC1. The van der Waals surface area contributed by atoms with Gasteiger partial charge >= 0.3 is 6.09 Å². The Hall–Kier alpha value is -0.910. The molecule has 0 bridgehead atoms. The molecule has 1 aliphatic carbocycles. The van der Waals surface area contributed by atoms with Gasteiger partial charge in [-0.3, -0.25) is 4.79 Å². The summed E-state index contributed by atoms with van der Waals surface area (Å²) in [5, 5.41) is 5.75. The second-order valence-corrected chi connectivity index (χ2v) is 7.36. The van der Waals surface area contributed by atoms with Crippen LogP contribution < -0.4 is 10.6 Å². The Bertz CT molecular complexity index is 363. The minimum atomic E-state index is -0.568. The Kier molecular flexibility index (Phi) is 8.07. The summed E-state index contributed by atoms with van der Waals surface area (Å²) < 4.78 is 5.25. The molecular formula is C16H30N2O3S. The molecule has 1 aliphatic rings.